The maximum atomic E-state index is 13.0. The monoisotopic (exact) mass is 1650 g/mol. The van der Waals surface area contributed by atoms with E-state index >= 15 is 0 Å². The van der Waals surface area contributed by atoms with Gasteiger partial charge in [-0.15, -0.1) is 0 Å². The average Bonchev–Trinajstić information content (AvgIpc) is 0.800. The predicted molar refractivity (Wildman–Crippen MR) is 393 cm³/mol. The highest BCUT2D eigenvalue weighted by atomic mass is 16.7. The molecule has 0 aromatic heterocycles. The number of rotatable bonds is 56. The number of carbonyl (C=O) groups is 16. The molecular weight excluding hydrogens is 1530 g/mol. The first-order valence-corrected chi connectivity index (χ1v) is 38.4. The third kappa shape index (κ3) is 42.0. The Morgan fingerprint density at radius 2 is 0.557 bits per heavy atom. The summed E-state index contributed by atoms with van der Waals surface area (Å²) in [4.78, 5) is 196. The number of hydrogen-bond donors (Lipinski definition) is 7. The molecule has 0 bridgehead atoms. The van der Waals surface area contributed by atoms with Crippen LogP contribution < -0.4 is 37.2 Å². The minimum Gasteiger partial charge on any atom is -0.463 e. The fourth-order valence-electron chi connectivity index (χ4n) is 12.3. The molecule has 3 heterocycles. The molecule has 0 radical (unpaired) electrons. The van der Waals surface area contributed by atoms with Crippen LogP contribution in [0.2, 0.25) is 0 Å². The van der Waals surface area contributed by atoms with Crippen LogP contribution in [0.25, 0.3) is 0 Å². The van der Waals surface area contributed by atoms with Crippen LogP contribution in [0.1, 0.15) is 179 Å². The molecular formula is C74H119N7O34. The van der Waals surface area contributed by atoms with Gasteiger partial charge in [0.1, 0.15) is 61.8 Å². The fraction of sp³-hybridized carbons (Fsp3) is 0.784. The summed E-state index contributed by atoms with van der Waals surface area (Å²) in [5.74, 6) is -9.01. The third-order valence-electron chi connectivity index (χ3n) is 17.2. The minimum absolute atomic E-state index is 0.0801. The number of hydrogen-bond acceptors (Lipinski definition) is 34. The molecule has 7 amide bonds. The van der Waals surface area contributed by atoms with Crippen molar-refractivity contribution in [3.05, 3.63) is 0 Å². The average molecular weight is 1650 g/mol. The van der Waals surface area contributed by atoms with Crippen LogP contribution in [0.4, 0.5) is 0 Å². The number of ether oxygens (including phenoxy) is 18. The Morgan fingerprint density at radius 1 is 0.313 bits per heavy atom. The number of esters is 9. The van der Waals surface area contributed by atoms with Crippen molar-refractivity contribution in [2.75, 3.05) is 98.9 Å². The number of carbonyl (C=O) groups excluding carboxylic acids is 16. The van der Waals surface area contributed by atoms with Gasteiger partial charge in [-0.3, -0.25) is 76.7 Å². The Morgan fingerprint density at radius 3 is 0.783 bits per heavy atom. The van der Waals surface area contributed by atoms with Crippen molar-refractivity contribution in [1.82, 2.24) is 37.2 Å². The van der Waals surface area contributed by atoms with E-state index in [1.165, 1.54) is 41.5 Å². The number of nitrogens with one attached hydrogen (secondary N) is 7. The van der Waals surface area contributed by atoms with Crippen LogP contribution in [-0.4, -0.2) is 292 Å². The SMILES string of the molecule is CC(=O)NC1C(OCCCCCCNC(=O)CCOCC(COCCC(=O)NCCCCCCOC2OC(COC(C)=O)C(OC(C)=O)C(OC(C)=O)C2NC(C)=O)(COCCC(=O)NCCCCCCOC2OC(COC(C)=O)C(OC(C)=O)C(OC(C)=O)C2NC(C)=O)NC=O)OC(COC(C)=O)C(OC(C)=O)C1OC(C)=O. The number of amides is 7. The maximum Gasteiger partial charge on any atom is 0.303 e. The largest absolute Gasteiger partial charge is 0.463 e. The second kappa shape index (κ2) is 55.7. The van der Waals surface area contributed by atoms with Crippen LogP contribution in [0.5, 0.6) is 0 Å². The molecule has 41 heteroatoms. The van der Waals surface area contributed by atoms with E-state index in [2.05, 4.69) is 37.2 Å². The molecule has 41 nitrogen and oxygen atoms in total. The molecule has 0 spiro atoms. The highest BCUT2D eigenvalue weighted by Crippen LogP contribution is 2.32. The van der Waals surface area contributed by atoms with Gasteiger partial charge in [-0.1, -0.05) is 38.5 Å². The van der Waals surface area contributed by atoms with Gasteiger partial charge in [-0.25, -0.2) is 0 Å². The van der Waals surface area contributed by atoms with Gasteiger partial charge in [0.25, 0.3) is 0 Å². The molecule has 0 aliphatic carbocycles. The highest BCUT2D eigenvalue weighted by Gasteiger charge is 2.54. The van der Waals surface area contributed by atoms with Crippen LogP contribution in [0, 0.1) is 0 Å². The van der Waals surface area contributed by atoms with E-state index in [1.807, 2.05) is 0 Å². The summed E-state index contributed by atoms with van der Waals surface area (Å²) >= 11 is 0. The summed E-state index contributed by atoms with van der Waals surface area (Å²) in [6, 6.07) is -3.36. The summed E-state index contributed by atoms with van der Waals surface area (Å²) in [5, 5.41) is 19.2. The second-order valence-corrected chi connectivity index (χ2v) is 27.5. The Labute approximate surface area is 668 Å². The van der Waals surface area contributed by atoms with Crippen LogP contribution in [0.3, 0.4) is 0 Å². The summed E-state index contributed by atoms with van der Waals surface area (Å²) in [5.41, 5.74) is -1.37. The molecule has 3 aliphatic heterocycles. The van der Waals surface area contributed by atoms with Gasteiger partial charge in [0.2, 0.25) is 41.9 Å². The van der Waals surface area contributed by atoms with Crippen LogP contribution in [0.15, 0.2) is 0 Å². The lowest BCUT2D eigenvalue weighted by Gasteiger charge is -2.44. The number of unbranched alkanes of at least 4 members (excludes halogenated alkanes) is 9. The van der Waals surface area contributed by atoms with Crippen LogP contribution in [-0.2, 0) is 162 Å². The molecule has 15 atom stereocenters. The maximum absolute atomic E-state index is 13.0. The molecule has 15 unspecified atom stereocenters. The van der Waals surface area contributed by atoms with E-state index in [0.717, 1.165) is 41.5 Å². The van der Waals surface area contributed by atoms with E-state index in [4.69, 9.17) is 85.3 Å². The highest BCUT2D eigenvalue weighted by molar-refractivity contribution is 5.78. The van der Waals surface area contributed by atoms with Crippen molar-refractivity contribution in [1.29, 1.82) is 0 Å². The predicted octanol–water partition coefficient (Wildman–Crippen LogP) is -0.261. The molecule has 3 fully saturated rings. The van der Waals surface area contributed by atoms with E-state index in [9.17, 15) is 76.7 Å². The van der Waals surface area contributed by atoms with Crippen molar-refractivity contribution >= 4 is 95.6 Å². The summed E-state index contributed by atoms with van der Waals surface area (Å²) in [6.45, 7) is 13.1. The van der Waals surface area contributed by atoms with Crippen molar-refractivity contribution in [2.24, 2.45) is 0 Å². The van der Waals surface area contributed by atoms with Crippen molar-refractivity contribution in [3.63, 3.8) is 0 Å². The van der Waals surface area contributed by atoms with Gasteiger partial charge in [0.05, 0.1) is 39.6 Å². The molecule has 3 rings (SSSR count). The molecule has 654 valence electrons. The van der Waals surface area contributed by atoms with E-state index < -0.39 is 169 Å². The van der Waals surface area contributed by atoms with Gasteiger partial charge >= 0.3 is 53.7 Å². The Bertz CT molecular complexity index is 2800. The molecule has 0 aromatic rings. The summed E-state index contributed by atoms with van der Waals surface area (Å²) < 4.78 is 102. The lowest BCUT2D eigenvalue weighted by molar-refractivity contribution is -0.277. The van der Waals surface area contributed by atoms with Gasteiger partial charge in [0.15, 0.2) is 55.5 Å². The van der Waals surface area contributed by atoms with Gasteiger partial charge in [-0.2, -0.15) is 0 Å². The van der Waals surface area contributed by atoms with Crippen molar-refractivity contribution in [3.8, 4) is 0 Å². The summed E-state index contributed by atoms with van der Waals surface area (Å²) in [6.07, 6.45) is -7.46. The zero-order chi connectivity index (χ0) is 85.4. The standard InChI is InChI=1S/C74H119N7O34/c1-44(83)79-62-68(110-53(10)92)65(107-50(7)89)56(37-104-47(4)86)113-71(62)101-31-22-16-13-19-28-75-59(95)25-34-98-40-74(78-43-82,41-99-35-26-60(96)76-29-20-14-17-23-32-102-72-63(80-45(2)84)69(111-54(11)93)66(108-51(8)90)57(114-72)38-105-48(5)87)42-100-36-27-61(97)77-30-21-15-18-24-33-103-73-64(81-46(3)85)70(112-55(12)94)67(109-52(9)91)58(115-73)39-106-49(6)88/h43,56-58,62-73H,13-42H2,1-12H3,(H,75,95)(H,76,96)(H,77,97)(H,78,82)(H,79,83)(H,80,84)(H,81,85). The Balaban J connectivity index is 1.56. The van der Waals surface area contributed by atoms with Crippen LogP contribution >= 0.6 is 0 Å². The van der Waals surface area contributed by atoms with E-state index in [-0.39, 0.29) is 116 Å². The van der Waals surface area contributed by atoms with Gasteiger partial charge in [0, 0.05) is 142 Å². The first-order valence-electron chi connectivity index (χ1n) is 38.4. The zero-order valence-electron chi connectivity index (χ0n) is 67.8. The van der Waals surface area contributed by atoms with E-state index in [1.54, 1.807) is 0 Å². The second-order valence-electron chi connectivity index (χ2n) is 27.5. The molecule has 3 saturated heterocycles. The molecule has 0 saturated carbocycles. The molecule has 115 heavy (non-hydrogen) atoms. The molecule has 7 N–H and O–H groups in total. The summed E-state index contributed by atoms with van der Waals surface area (Å²) in [7, 11) is 0. The van der Waals surface area contributed by atoms with Gasteiger partial charge < -0.3 is 122 Å². The topological polar surface area (TPSA) is 523 Å². The Kier molecular flexibility index (Phi) is 48.6. The fourth-order valence-corrected chi connectivity index (χ4v) is 12.3. The third-order valence-corrected chi connectivity index (χ3v) is 17.2. The quantitative estimate of drug-likeness (QED) is 0.0178. The normalized spacial score (nSPS) is 23.4. The van der Waals surface area contributed by atoms with Gasteiger partial charge in [-0.05, 0) is 38.5 Å². The first-order chi connectivity index (χ1) is 54.6. The first kappa shape index (κ1) is 100. The zero-order valence-corrected chi connectivity index (χ0v) is 67.8. The van der Waals surface area contributed by atoms with E-state index in [0.29, 0.717) is 103 Å². The minimum atomic E-state index is -1.37. The molecule has 0 aromatic carbocycles. The van der Waals surface area contributed by atoms with Crippen molar-refractivity contribution < 1.29 is 162 Å². The molecule has 3 aliphatic rings. The smallest absolute Gasteiger partial charge is 0.303 e. The lowest BCUT2D eigenvalue weighted by atomic mass is 9.96. The lowest BCUT2D eigenvalue weighted by Crippen LogP contribution is -2.66. The Hall–Kier alpha value is -8.84. The van der Waals surface area contributed by atoms with Crippen molar-refractivity contribution in [2.45, 2.75) is 277 Å².